The first-order chi connectivity index (χ1) is 8.56. The first kappa shape index (κ1) is 13.8. The van der Waals surface area contributed by atoms with E-state index in [1.807, 2.05) is 0 Å². The van der Waals surface area contributed by atoms with Crippen molar-refractivity contribution >= 4 is 33.4 Å². The van der Waals surface area contributed by atoms with Crippen molar-refractivity contribution in [1.29, 1.82) is 0 Å². The summed E-state index contributed by atoms with van der Waals surface area (Å²) in [4.78, 5) is 18.3. The Hall–Kier alpha value is -0.650. The smallest absolute Gasteiger partial charge is 0.254 e. The molecule has 0 saturated carbocycles. The third-order valence-electron chi connectivity index (χ3n) is 3.01. The lowest BCUT2D eigenvalue weighted by Gasteiger charge is -2.30. The predicted molar refractivity (Wildman–Crippen MR) is 74.9 cm³/mol. The van der Waals surface area contributed by atoms with Crippen LogP contribution < -0.4 is 5.32 Å². The Labute approximate surface area is 120 Å². The number of nitrogens with zero attached hydrogens (tertiary/aromatic N) is 2. The predicted octanol–water partition coefficient (Wildman–Crippen LogP) is 2.32. The molecule has 0 aromatic carbocycles. The molecule has 2 heterocycles. The van der Waals surface area contributed by atoms with Crippen molar-refractivity contribution in [3.63, 3.8) is 0 Å². The van der Waals surface area contributed by atoms with E-state index in [9.17, 15) is 4.79 Å². The molecule has 1 amide bonds. The fraction of sp³-hybridized carbons (Fsp3) is 0.500. The van der Waals surface area contributed by atoms with Gasteiger partial charge in [-0.3, -0.25) is 4.79 Å². The van der Waals surface area contributed by atoms with E-state index in [4.69, 9.17) is 11.6 Å². The molecule has 1 fully saturated rings. The van der Waals surface area contributed by atoms with E-state index in [0.29, 0.717) is 5.56 Å². The third kappa shape index (κ3) is 3.43. The Kier molecular flexibility index (Phi) is 4.59. The van der Waals surface area contributed by atoms with Crippen molar-refractivity contribution in [2.75, 3.05) is 20.1 Å². The van der Waals surface area contributed by atoms with Gasteiger partial charge in [-0.05, 0) is 48.4 Å². The Morgan fingerprint density at radius 3 is 3.17 bits per heavy atom. The summed E-state index contributed by atoms with van der Waals surface area (Å²) in [5.41, 5.74) is 0.416. The van der Waals surface area contributed by atoms with Gasteiger partial charge in [0, 0.05) is 23.3 Å². The molecule has 1 aliphatic rings. The standard InChI is InChI=1S/C12H15BrClN3O/c1-17-4-2-3-9(7-17)16-12(18)10-5-8(13)6-15-11(10)14/h5-6,9H,2-4,7H2,1H3,(H,16,18). The van der Waals surface area contributed by atoms with Crippen molar-refractivity contribution < 1.29 is 4.79 Å². The minimum absolute atomic E-state index is 0.158. The second-order valence-corrected chi connectivity index (χ2v) is 5.84. The number of carbonyl (C=O) groups is 1. The minimum atomic E-state index is -0.158. The van der Waals surface area contributed by atoms with Gasteiger partial charge in [0.1, 0.15) is 5.15 Å². The summed E-state index contributed by atoms with van der Waals surface area (Å²) >= 11 is 9.22. The van der Waals surface area contributed by atoms with Gasteiger partial charge in [-0.1, -0.05) is 11.6 Å². The molecular formula is C12H15BrClN3O. The molecule has 0 bridgehead atoms. The number of likely N-dealkylation sites (N-methyl/N-ethyl adjacent to an activating group) is 1. The van der Waals surface area contributed by atoms with Gasteiger partial charge in [-0.25, -0.2) is 4.98 Å². The van der Waals surface area contributed by atoms with Crippen LogP contribution in [-0.4, -0.2) is 42.0 Å². The molecule has 4 nitrogen and oxygen atoms in total. The lowest BCUT2D eigenvalue weighted by atomic mass is 10.1. The Morgan fingerprint density at radius 2 is 2.44 bits per heavy atom. The van der Waals surface area contributed by atoms with Gasteiger partial charge >= 0.3 is 0 Å². The molecule has 98 valence electrons. The molecule has 1 atom stereocenters. The summed E-state index contributed by atoms with van der Waals surface area (Å²) in [5, 5.41) is 3.24. The number of likely N-dealkylation sites (tertiary alicyclic amines) is 1. The fourth-order valence-electron chi connectivity index (χ4n) is 2.13. The van der Waals surface area contributed by atoms with Crippen LogP contribution in [0.3, 0.4) is 0 Å². The van der Waals surface area contributed by atoms with Crippen molar-refractivity contribution in [3.05, 3.63) is 27.5 Å². The van der Waals surface area contributed by atoms with E-state index >= 15 is 0 Å². The number of amides is 1. The van der Waals surface area contributed by atoms with Crippen LogP contribution >= 0.6 is 27.5 Å². The first-order valence-corrected chi connectivity index (χ1v) is 7.04. The average Bonchev–Trinajstić information content (AvgIpc) is 2.32. The molecule has 18 heavy (non-hydrogen) atoms. The zero-order chi connectivity index (χ0) is 13.1. The maximum Gasteiger partial charge on any atom is 0.254 e. The Morgan fingerprint density at radius 1 is 1.67 bits per heavy atom. The molecule has 1 unspecified atom stereocenters. The maximum absolute atomic E-state index is 12.1. The summed E-state index contributed by atoms with van der Waals surface area (Å²) < 4.78 is 0.748. The molecule has 2 rings (SSSR count). The topological polar surface area (TPSA) is 45.2 Å². The number of rotatable bonds is 2. The highest BCUT2D eigenvalue weighted by atomic mass is 79.9. The highest BCUT2D eigenvalue weighted by molar-refractivity contribution is 9.10. The summed E-state index contributed by atoms with van der Waals surface area (Å²) in [5.74, 6) is -0.158. The zero-order valence-corrected chi connectivity index (χ0v) is 12.5. The number of nitrogens with one attached hydrogen (secondary N) is 1. The van der Waals surface area contributed by atoms with E-state index in [2.05, 4.69) is 38.2 Å². The van der Waals surface area contributed by atoms with Crippen LogP contribution in [0.4, 0.5) is 0 Å². The van der Waals surface area contributed by atoms with Crippen molar-refractivity contribution in [3.8, 4) is 0 Å². The van der Waals surface area contributed by atoms with Gasteiger partial charge in [-0.15, -0.1) is 0 Å². The third-order valence-corrected chi connectivity index (χ3v) is 3.74. The largest absolute Gasteiger partial charge is 0.348 e. The zero-order valence-electron chi connectivity index (χ0n) is 10.1. The van der Waals surface area contributed by atoms with Crippen LogP contribution in [0.15, 0.2) is 16.7 Å². The number of hydrogen-bond acceptors (Lipinski definition) is 3. The van der Waals surface area contributed by atoms with Crippen LogP contribution in [-0.2, 0) is 0 Å². The average molecular weight is 333 g/mol. The van der Waals surface area contributed by atoms with Gasteiger partial charge < -0.3 is 10.2 Å². The van der Waals surface area contributed by atoms with Gasteiger partial charge in [0.2, 0.25) is 0 Å². The van der Waals surface area contributed by atoms with E-state index in [-0.39, 0.29) is 17.1 Å². The van der Waals surface area contributed by atoms with Gasteiger partial charge in [-0.2, -0.15) is 0 Å². The maximum atomic E-state index is 12.1. The SMILES string of the molecule is CN1CCCC(NC(=O)c2cc(Br)cnc2Cl)C1. The molecule has 1 aromatic rings. The molecular weight excluding hydrogens is 318 g/mol. The number of piperidine rings is 1. The quantitative estimate of drug-likeness (QED) is 0.846. The number of aromatic nitrogens is 1. The minimum Gasteiger partial charge on any atom is -0.348 e. The van der Waals surface area contributed by atoms with Gasteiger partial charge in [0.25, 0.3) is 5.91 Å². The van der Waals surface area contributed by atoms with Crippen molar-refractivity contribution in [2.45, 2.75) is 18.9 Å². The van der Waals surface area contributed by atoms with E-state index in [0.717, 1.165) is 30.4 Å². The highest BCUT2D eigenvalue weighted by Crippen LogP contribution is 2.18. The van der Waals surface area contributed by atoms with Gasteiger partial charge in [0.05, 0.1) is 5.56 Å². The lowest BCUT2D eigenvalue weighted by Crippen LogP contribution is -2.46. The van der Waals surface area contributed by atoms with Crippen LogP contribution in [0.2, 0.25) is 5.15 Å². The number of carbonyl (C=O) groups excluding carboxylic acids is 1. The van der Waals surface area contributed by atoms with Gasteiger partial charge in [0.15, 0.2) is 0 Å². The summed E-state index contributed by atoms with van der Waals surface area (Å²) in [6.07, 6.45) is 3.69. The summed E-state index contributed by atoms with van der Waals surface area (Å²) in [7, 11) is 2.06. The molecule has 0 radical (unpaired) electrons. The first-order valence-electron chi connectivity index (χ1n) is 5.86. The number of pyridine rings is 1. The fourth-order valence-corrected chi connectivity index (χ4v) is 2.65. The van der Waals surface area contributed by atoms with Crippen LogP contribution in [0.25, 0.3) is 0 Å². The van der Waals surface area contributed by atoms with Crippen LogP contribution in [0.5, 0.6) is 0 Å². The van der Waals surface area contributed by atoms with E-state index in [1.165, 1.54) is 0 Å². The number of halogens is 2. The monoisotopic (exact) mass is 331 g/mol. The molecule has 0 spiro atoms. The van der Waals surface area contributed by atoms with Crippen LogP contribution in [0.1, 0.15) is 23.2 Å². The lowest BCUT2D eigenvalue weighted by molar-refractivity contribution is 0.0912. The Balaban J connectivity index is 2.05. The molecule has 1 aliphatic heterocycles. The molecule has 0 aliphatic carbocycles. The van der Waals surface area contributed by atoms with Crippen molar-refractivity contribution in [2.24, 2.45) is 0 Å². The number of hydrogen-bond donors (Lipinski definition) is 1. The van der Waals surface area contributed by atoms with Crippen molar-refractivity contribution in [1.82, 2.24) is 15.2 Å². The summed E-state index contributed by atoms with van der Waals surface area (Å²) in [6.45, 7) is 1.97. The Bertz CT molecular complexity index is 455. The second-order valence-electron chi connectivity index (χ2n) is 4.57. The molecule has 1 saturated heterocycles. The van der Waals surface area contributed by atoms with E-state index < -0.39 is 0 Å². The highest BCUT2D eigenvalue weighted by Gasteiger charge is 2.21. The molecule has 6 heteroatoms. The normalized spacial score (nSPS) is 20.7. The molecule has 1 aromatic heterocycles. The second kappa shape index (κ2) is 5.99. The summed E-state index contributed by atoms with van der Waals surface area (Å²) in [6, 6.07) is 1.88. The molecule has 1 N–H and O–H groups in total. The van der Waals surface area contributed by atoms with Crippen LogP contribution in [0, 0.1) is 0 Å². The van der Waals surface area contributed by atoms with E-state index in [1.54, 1.807) is 12.3 Å².